The highest BCUT2D eigenvalue weighted by Crippen LogP contribution is 2.34. The molecule has 0 aliphatic carbocycles. The number of hydrogen-bond acceptors (Lipinski definition) is 4. The highest BCUT2D eigenvalue weighted by Gasteiger charge is 2.13. The number of halogens is 1. The zero-order chi connectivity index (χ0) is 18.1. The van der Waals surface area contributed by atoms with E-state index in [2.05, 4.69) is 25.9 Å². The number of phenols is 1. The van der Waals surface area contributed by atoms with E-state index in [9.17, 15) is 5.11 Å². The number of oxazole rings is 1. The van der Waals surface area contributed by atoms with Gasteiger partial charge in [-0.05, 0) is 60.5 Å². The van der Waals surface area contributed by atoms with Crippen LogP contribution in [0, 0.1) is 6.92 Å². The van der Waals surface area contributed by atoms with Gasteiger partial charge in [-0.1, -0.05) is 34.1 Å². The topological polar surface area (TPSA) is 58.6 Å². The Morgan fingerprint density at radius 1 is 1.04 bits per heavy atom. The molecule has 0 spiro atoms. The summed E-state index contributed by atoms with van der Waals surface area (Å²) in [6, 6.07) is 18.8. The van der Waals surface area contributed by atoms with E-state index in [-0.39, 0.29) is 5.75 Å². The first-order valence-corrected chi connectivity index (χ1v) is 8.88. The highest BCUT2D eigenvalue weighted by atomic mass is 79.9. The van der Waals surface area contributed by atoms with Crippen molar-refractivity contribution in [2.75, 3.05) is 0 Å². The fraction of sp³-hybridized carbons (Fsp3) is 0.0476. The average Bonchev–Trinajstić information content (AvgIpc) is 3.05. The Morgan fingerprint density at radius 3 is 2.65 bits per heavy atom. The maximum Gasteiger partial charge on any atom is 0.231 e. The lowest BCUT2D eigenvalue weighted by atomic mass is 10.1. The standard InChI is InChI=1S/C21H15BrN2O2/c1-13-2-9-20-18(10-13)24-21(26-20)17-11-16(7-8-19(17)25)23-12-14-3-5-15(22)6-4-14/h2-12,25H,1H3. The summed E-state index contributed by atoms with van der Waals surface area (Å²) in [6.45, 7) is 2.00. The third-order valence-corrected chi connectivity index (χ3v) is 4.51. The minimum absolute atomic E-state index is 0.107. The molecule has 0 saturated heterocycles. The molecule has 1 N–H and O–H groups in total. The number of rotatable bonds is 3. The molecule has 0 aliphatic rings. The van der Waals surface area contributed by atoms with Gasteiger partial charge in [0.1, 0.15) is 11.3 Å². The lowest BCUT2D eigenvalue weighted by Gasteiger charge is -2.02. The van der Waals surface area contributed by atoms with Crippen LogP contribution in [-0.2, 0) is 0 Å². The molecule has 4 rings (SSSR count). The van der Waals surface area contributed by atoms with Gasteiger partial charge in [0, 0.05) is 10.7 Å². The van der Waals surface area contributed by atoms with Gasteiger partial charge in [-0.2, -0.15) is 0 Å². The molecule has 3 aromatic carbocycles. The molecule has 128 valence electrons. The van der Waals surface area contributed by atoms with E-state index in [1.807, 2.05) is 49.4 Å². The molecular weight excluding hydrogens is 392 g/mol. The number of benzene rings is 3. The third kappa shape index (κ3) is 3.39. The normalized spacial score (nSPS) is 11.5. The van der Waals surface area contributed by atoms with Gasteiger partial charge >= 0.3 is 0 Å². The maximum atomic E-state index is 10.2. The van der Waals surface area contributed by atoms with E-state index in [1.54, 1.807) is 24.4 Å². The van der Waals surface area contributed by atoms with E-state index in [0.29, 0.717) is 22.7 Å². The van der Waals surface area contributed by atoms with Gasteiger partial charge in [0.2, 0.25) is 5.89 Å². The molecular formula is C21H15BrN2O2. The highest BCUT2D eigenvalue weighted by molar-refractivity contribution is 9.10. The van der Waals surface area contributed by atoms with Crippen LogP contribution in [-0.4, -0.2) is 16.3 Å². The maximum absolute atomic E-state index is 10.2. The molecule has 26 heavy (non-hydrogen) atoms. The van der Waals surface area contributed by atoms with Crippen molar-refractivity contribution >= 4 is 38.9 Å². The van der Waals surface area contributed by atoms with Crippen LogP contribution in [0.2, 0.25) is 0 Å². The number of aryl methyl sites for hydroxylation is 1. The van der Waals surface area contributed by atoms with Crippen molar-refractivity contribution in [3.63, 3.8) is 0 Å². The van der Waals surface area contributed by atoms with Crippen LogP contribution in [0.4, 0.5) is 5.69 Å². The van der Waals surface area contributed by atoms with Crippen LogP contribution in [0.1, 0.15) is 11.1 Å². The first-order chi connectivity index (χ1) is 12.6. The smallest absolute Gasteiger partial charge is 0.231 e. The van der Waals surface area contributed by atoms with Crippen LogP contribution in [0.25, 0.3) is 22.6 Å². The minimum atomic E-state index is 0.107. The number of aliphatic imine (C=N–C) groups is 1. The van der Waals surface area contributed by atoms with Gasteiger partial charge in [-0.15, -0.1) is 0 Å². The Balaban J connectivity index is 1.70. The molecule has 0 aliphatic heterocycles. The summed E-state index contributed by atoms with van der Waals surface area (Å²) in [4.78, 5) is 8.97. The van der Waals surface area contributed by atoms with Crippen molar-refractivity contribution in [3.8, 4) is 17.2 Å². The second-order valence-electron chi connectivity index (χ2n) is 6.00. The molecule has 1 aromatic heterocycles. The predicted molar refractivity (Wildman–Crippen MR) is 107 cm³/mol. The van der Waals surface area contributed by atoms with Crippen molar-refractivity contribution in [2.24, 2.45) is 4.99 Å². The fourth-order valence-electron chi connectivity index (χ4n) is 2.63. The molecule has 1 heterocycles. The van der Waals surface area contributed by atoms with Gasteiger partial charge in [-0.25, -0.2) is 4.98 Å². The largest absolute Gasteiger partial charge is 0.507 e. The monoisotopic (exact) mass is 406 g/mol. The number of phenolic OH excluding ortho intramolecular Hbond substituents is 1. The fourth-order valence-corrected chi connectivity index (χ4v) is 2.89. The summed E-state index contributed by atoms with van der Waals surface area (Å²) in [6.07, 6.45) is 1.78. The first kappa shape index (κ1) is 16.5. The van der Waals surface area contributed by atoms with Gasteiger partial charge in [0.15, 0.2) is 5.58 Å². The number of aromatic hydroxyl groups is 1. The number of aromatic nitrogens is 1. The summed E-state index contributed by atoms with van der Waals surface area (Å²) in [5.41, 5.74) is 4.77. The zero-order valence-corrected chi connectivity index (χ0v) is 15.6. The summed E-state index contributed by atoms with van der Waals surface area (Å²) in [5.74, 6) is 0.486. The molecule has 4 aromatic rings. The molecule has 0 bridgehead atoms. The third-order valence-electron chi connectivity index (χ3n) is 3.99. The molecule has 0 atom stereocenters. The quantitative estimate of drug-likeness (QED) is 0.423. The Morgan fingerprint density at radius 2 is 1.85 bits per heavy atom. The van der Waals surface area contributed by atoms with Crippen molar-refractivity contribution < 1.29 is 9.52 Å². The lowest BCUT2D eigenvalue weighted by molar-refractivity contribution is 0.474. The van der Waals surface area contributed by atoms with Crippen molar-refractivity contribution in [2.45, 2.75) is 6.92 Å². The second kappa shape index (κ2) is 6.77. The molecule has 5 heteroatoms. The van der Waals surface area contributed by atoms with Crippen LogP contribution >= 0.6 is 15.9 Å². The molecule has 0 fully saturated rings. The molecule has 0 amide bonds. The molecule has 0 radical (unpaired) electrons. The van der Waals surface area contributed by atoms with Crippen LogP contribution < -0.4 is 0 Å². The van der Waals surface area contributed by atoms with Gasteiger partial charge in [0.05, 0.1) is 11.3 Å². The summed E-state index contributed by atoms with van der Waals surface area (Å²) < 4.78 is 6.81. The average molecular weight is 407 g/mol. The number of hydrogen-bond donors (Lipinski definition) is 1. The van der Waals surface area contributed by atoms with Crippen LogP contribution in [0.15, 0.2) is 74.5 Å². The summed E-state index contributed by atoms with van der Waals surface area (Å²) in [7, 11) is 0. The van der Waals surface area contributed by atoms with E-state index in [0.717, 1.165) is 21.1 Å². The van der Waals surface area contributed by atoms with Crippen molar-refractivity contribution in [1.29, 1.82) is 0 Å². The minimum Gasteiger partial charge on any atom is -0.507 e. The first-order valence-electron chi connectivity index (χ1n) is 8.09. The predicted octanol–water partition coefficient (Wildman–Crippen LogP) is 6.02. The Hall–Kier alpha value is -2.92. The Bertz CT molecular complexity index is 1110. The zero-order valence-electron chi connectivity index (χ0n) is 14.0. The van der Waals surface area contributed by atoms with E-state index < -0.39 is 0 Å². The van der Waals surface area contributed by atoms with Gasteiger partial charge in [-0.3, -0.25) is 4.99 Å². The van der Waals surface area contributed by atoms with E-state index in [4.69, 9.17) is 4.42 Å². The molecule has 0 unspecified atom stereocenters. The van der Waals surface area contributed by atoms with Crippen LogP contribution in [0.3, 0.4) is 0 Å². The van der Waals surface area contributed by atoms with Gasteiger partial charge < -0.3 is 9.52 Å². The summed E-state index contributed by atoms with van der Waals surface area (Å²) in [5, 5.41) is 10.2. The number of nitrogens with zero attached hydrogens (tertiary/aromatic N) is 2. The van der Waals surface area contributed by atoms with E-state index in [1.165, 1.54) is 0 Å². The summed E-state index contributed by atoms with van der Waals surface area (Å²) >= 11 is 3.41. The van der Waals surface area contributed by atoms with Crippen molar-refractivity contribution in [1.82, 2.24) is 4.98 Å². The lowest BCUT2D eigenvalue weighted by Crippen LogP contribution is -1.81. The Kier molecular flexibility index (Phi) is 4.31. The Labute approximate surface area is 159 Å². The van der Waals surface area contributed by atoms with E-state index >= 15 is 0 Å². The van der Waals surface area contributed by atoms with Gasteiger partial charge in [0.25, 0.3) is 0 Å². The second-order valence-corrected chi connectivity index (χ2v) is 6.92. The van der Waals surface area contributed by atoms with Crippen molar-refractivity contribution in [3.05, 3.63) is 76.3 Å². The SMILES string of the molecule is Cc1ccc2oc(-c3cc(N=Cc4ccc(Br)cc4)ccc3O)nc2c1. The molecule has 4 nitrogen and oxygen atoms in total. The molecule has 0 saturated carbocycles. The number of fused-ring (bicyclic) bond motifs is 1. The van der Waals surface area contributed by atoms with Crippen LogP contribution in [0.5, 0.6) is 5.75 Å².